The highest BCUT2D eigenvalue weighted by Gasteiger charge is 2.24. The fourth-order valence-electron chi connectivity index (χ4n) is 4.14. The number of anilines is 1. The monoisotopic (exact) mass is 537 g/mol. The highest BCUT2D eigenvalue weighted by molar-refractivity contribution is 7.90. The molecule has 3 N–H and O–H groups in total. The van der Waals surface area contributed by atoms with Gasteiger partial charge in [0.25, 0.3) is 0 Å². The fourth-order valence-corrected chi connectivity index (χ4v) is 4.81. The average molecular weight is 538 g/mol. The summed E-state index contributed by atoms with van der Waals surface area (Å²) in [5.74, 6) is -3.52. The van der Waals surface area contributed by atoms with Gasteiger partial charge in [-0.3, -0.25) is 9.59 Å². The van der Waals surface area contributed by atoms with Crippen LogP contribution in [0.25, 0.3) is 10.8 Å². The van der Waals surface area contributed by atoms with Gasteiger partial charge >= 0.3 is 0 Å². The van der Waals surface area contributed by atoms with E-state index in [9.17, 15) is 26.8 Å². The summed E-state index contributed by atoms with van der Waals surface area (Å²) in [6.07, 6.45) is 2.33. The minimum atomic E-state index is -3.54. The SMILES string of the molecule is CS(=O)(=O)c1cccc(C(=O)C[C@@H](Cc2ccc(F)c(F)c2)C(=O)NCc2ccc3c(N)nccc3c2)c1. The Labute approximate surface area is 218 Å². The van der Waals surface area contributed by atoms with E-state index in [0.717, 1.165) is 34.7 Å². The molecule has 0 spiro atoms. The number of rotatable bonds is 9. The van der Waals surface area contributed by atoms with Crippen LogP contribution in [-0.2, 0) is 27.6 Å². The quantitative estimate of drug-likeness (QED) is 0.308. The summed E-state index contributed by atoms with van der Waals surface area (Å²) in [6.45, 7) is 0.156. The Kier molecular flexibility index (Phi) is 7.82. The lowest BCUT2D eigenvalue weighted by atomic mass is 9.91. The number of halogens is 2. The summed E-state index contributed by atoms with van der Waals surface area (Å²) in [6, 6.07) is 16.1. The Morgan fingerprint density at radius 2 is 1.74 bits per heavy atom. The zero-order valence-corrected chi connectivity index (χ0v) is 21.3. The maximum atomic E-state index is 13.8. The van der Waals surface area contributed by atoms with Gasteiger partial charge in [0.05, 0.1) is 4.90 Å². The van der Waals surface area contributed by atoms with Crippen LogP contribution in [0.1, 0.15) is 27.9 Å². The smallest absolute Gasteiger partial charge is 0.224 e. The lowest BCUT2D eigenvalue weighted by molar-refractivity contribution is -0.125. The molecule has 1 heterocycles. The van der Waals surface area contributed by atoms with Crippen LogP contribution in [0.2, 0.25) is 0 Å². The number of carbonyl (C=O) groups is 2. The van der Waals surface area contributed by atoms with Crippen molar-refractivity contribution in [2.24, 2.45) is 5.92 Å². The number of sulfone groups is 1. The third-order valence-electron chi connectivity index (χ3n) is 6.18. The molecule has 196 valence electrons. The standard InChI is InChI=1S/C28H25F2N3O4S/c1-38(36,37)22-4-2-3-20(14-22)26(34)15-21(11-17-6-8-24(29)25(30)13-17)28(35)33-16-18-5-7-23-19(12-18)9-10-32-27(23)31/h2-10,12-14,21H,11,15-16H2,1H3,(H2,31,32)(H,33,35)/t21-/m1/s1. The molecular weight excluding hydrogens is 512 g/mol. The van der Waals surface area contributed by atoms with Crippen molar-refractivity contribution >= 4 is 38.1 Å². The summed E-state index contributed by atoms with van der Waals surface area (Å²) in [5.41, 5.74) is 7.16. The van der Waals surface area contributed by atoms with Gasteiger partial charge in [0, 0.05) is 42.3 Å². The summed E-state index contributed by atoms with van der Waals surface area (Å²) in [7, 11) is -3.54. The molecule has 7 nitrogen and oxygen atoms in total. The van der Waals surface area contributed by atoms with Crippen LogP contribution in [0, 0.1) is 17.6 Å². The molecule has 3 aromatic carbocycles. The highest BCUT2D eigenvalue weighted by atomic mass is 32.2. The molecule has 38 heavy (non-hydrogen) atoms. The van der Waals surface area contributed by atoms with Crippen molar-refractivity contribution in [3.8, 4) is 0 Å². The number of benzene rings is 3. The molecule has 0 saturated carbocycles. The van der Waals surface area contributed by atoms with Crippen molar-refractivity contribution in [2.45, 2.75) is 24.3 Å². The Balaban J connectivity index is 1.55. The first-order chi connectivity index (χ1) is 18.0. The number of ketones is 1. The second kappa shape index (κ2) is 11.1. The van der Waals surface area contributed by atoms with Crippen molar-refractivity contribution in [2.75, 3.05) is 12.0 Å². The molecule has 1 atom stereocenters. The van der Waals surface area contributed by atoms with Crippen LogP contribution in [0.5, 0.6) is 0 Å². The molecule has 0 fully saturated rings. The maximum absolute atomic E-state index is 13.8. The second-order valence-electron chi connectivity index (χ2n) is 9.05. The van der Waals surface area contributed by atoms with Crippen molar-refractivity contribution in [1.82, 2.24) is 10.3 Å². The van der Waals surface area contributed by atoms with E-state index in [1.807, 2.05) is 6.07 Å². The van der Waals surface area contributed by atoms with Crippen LogP contribution in [0.3, 0.4) is 0 Å². The molecule has 0 radical (unpaired) electrons. The molecule has 1 amide bonds. The zero-order valence-electron chi connectivity index (χ0n) is 20.4. The fraction of sp³-hybridized carbons (Fsp3) is 0.179. The maximum Gasteiger partial charge on any atom is 0.224 e. The van der Waals surface area contributed by atoms with Crippen LogP contribution < -0.4 is 11.1 Å². The number of amides is 1. The van der Waals surface area contributed by atoms with Gasteiger partial charge in [-0.15, -0.1) is 0 Å². The molecule has 0 unspecified atom stereocenters. The van der Waals surface area contributed by atoms with Crippen molar-refractivity contribution < 1.29 is 26.8 Å². The second-order valence-corrected chi connectivity index (χ2v) is 11.1. The Bertz CT molecular complexity index is 1640. The molecule has 0 aliphatic heterocycles. The van der Waals surface area contributed by atoms with E-state index in [0.29, 0.717) is 11.4 Å². The Morgan fingerprint density at radius 3 is 2.47 bits per heavy atom. The first kappa shape index (κ1) is 26.9. The van der Waals surface area contributed by atoms with Gasteiger partial charge < -0.3 is 11.1 Å². The van der Waals surface area contributed by atoms with Gasteiger partial charge in [0.2, 0.25) is 5.91 Å². The first-order valence-electron chi connectivity index (χ1n) is 11.7. The topological polar surface area (TPSA) is 119 Å². The van der Waals surface area contributed by atoms with Gasteiger partial charge in [-0.2, -0.15) is 0 Å². The average Bonchev–Trinajstić information content (AvgIpc) is 2.88. The third-order valence-corrected chi connectivity index (χ3v) is 7.29. The van der Waals surface area contributed by atoms with Crippen LogP contribution >= 0.6 is 0 Å². The predicted octanol–water partition coefficient (Wildman–Crippen LogP) is 4.25. The number of hydrogen-bond acceptors (Lipinski definition) is 6. The summed E-state index contributed by atoms with van der Waals surface area (Å²) < 4.78 is 51.1. The zero-order chi connectivity index (χ0) is 27.4. The number of nitrogen functional groups attached to an aromatic ring is 1. The molecule has 4 aromatic rings. The number of fused-ring (bicyclic) bond motifs is 1. The van der Waals surface area contributed by atoms with E-state index >= 15 is 0 Å². The number of nitrogens with one attached hydrogen (secondary N) is 1. The molecule has 10 heteroatoms. The van der Waals surface area contributed by atoms with Gasteiger partial charge in [0.1, 0.15) is 5.82 Å². The molecular formula is C28H25F2N3O4S. The van der Waals surface area contributed by atoms with Crippen molar-refractivity contribution in [1.29, 1.82) is 0 Å². The first-order valence-corrected chi connectivity index (χ1v) is 13.6. The molecule has 0 saturated heterocycles. The Hall–Kier alpha value is -4.18. The Morgan fingerprint density at radius 1 is 0.974 bits per heavy atom. The lowest BCUT2D eigenvalue weighted by Crippen LogP contribution is -2.33. The van der Waals surface area contributed by atoms with E-state index in [2.05, 4.69) is 10.3 Å². The highest BCUT2D eigenvalue weighted by Crippen LogP contribution is 2.22. The molecule has 0 aliphatic carbocycles. The van der Waals surface area contributed by atoms with Crippen molar-refractivity contribution in [3.05, 3.63) is 101 Å². The number of hydrogen-bond donors (Lipinski definition) is 2. The van der Waals surface area contributed by atoms with Gasteiger partial charge in [0.15, 0.2) is 27.3 Å². The summed E-state index contributed by atoms with van der Waals surface area (Å²) >= 11 is 0. The number of nitrogens with two attached hydrogens (primary N) is 1. The van der Waals surface area contributed by atoms with Crippen molar-refractivity contribution in [3.63, 3.8) is 0 Å². The number of aromatic nitrogens is 1. The number of Topliss-reactive ketones (excluding diaryl/α,β-unsaturated/α-hetero) is 1. The van der Waals surface area contributed by atoms with E-state index in [1.165, 1.54) is 30.3 Å². The molecule has 4 rings (SSSR count). The van der Waals surface area contributed by atoms with E-state index in [4.69, 9.17) is 5.73 Å². The summed E-state index contributed by atoms with van der Waals surface area (Å²) in [5, 5.41) is 4.44. The third kappa shape index (κ3) is 6.38. The minimum absolute atomic E-state index is 0.0166. The van der Waals surface area contributed by atoms with E-state index in [-0.39, 0.29) is 29.8 Å². The predicted molar refractivity (Wildman–Crippen MR) is 140 cm³/mol. The van der Waals surface area contributed by atoms with E-state index < -0.39 is 39.1 Å². The number of pyridine rings is 1. The molecule has 0 aliphatic rings. The molecule has 1 aromatic heterocycles. The minimum Gasteiger partial charge on any atom is -0.383 e. The largest absolute Gasteiger partial charge is 0.383 e. The van der Waals surface area contributed by atoms with Gasteiger partial charge in [-0.25, -0.2) is 22.2 Å². The lowest BCUT2D eigenvalue weighted by Gasteiger charge is -2.17. The number of nitrogens with zero attached hydrogens (tertiary/aromatic N) is 1. The van der Waals surface area contributed by atoms with Crippen LogP contribution in [0.4, 0.5) is 14.6 Å². The molecule has 0 bridgehead atoms. The van der Waals surface area contributed by atoms with Crippen LogP contribution in [-0.4, -0.2) is 31.3 Å². The summed E-state index contributed by atoms with van der Waals surface area (Å²) in [4.78, 5) is 30.3. The van der Waals surface area contributed by atoms with Crippen LogP contribution in [0.15, 0.2) is 77.8 Å². The number of carbonyl (C=O) groups excluding carboxylic acids is 2. The normalized spacial score (nSPS) is 12.3. The van der Waals surface area contributed by atoms with E-state index in [1.54, 1.807) is 24.4 Å². The van der Waals surface area contributed by atoms with Gasteiger partial charge in [-0.05, 0) is 59.3 Å². The van der Waals surface area contributed by atoms with Gasteiger partial charge in [-0.1, -0.05) is 30.3 Å².